The summed E-state index contributed by atoms with van der Waals surface area (Å²) in [6, 6.07) is 9.27. The van der Waals surface area contributed by atoms with E-state index in [9.17, 15) is 4.79 Å². The molecular weight excluding hydrogens is 350 g/mol. The summed E-state index contributed by atoms with van der Waals surface area (Å²) in [4.78, 5) is 15.9. The van der Waals surface area contributed by atoms with Gasteiger partial charge in [0.1, 0.15) is 12.4 Å². The summed E-state index contributed by atoms with van der Waals surface area (Å²) < 4.78 is 0. The van der Waals surface area contributed by atoms with Crippen LogP contribution in [0.3, 0.4) is 0 Å². The fourth-order valence-corrected chi connectivity index (χ4v) is 3.35. The van der Waals surface area contributed by atoms with Gasteiger partial charge in [-0.25, -0.2) is 0 Å². The molecule has 150 valence electrons. The Morgan fingerprint density at radius 2 is 1.86 bits per heavy atom. The number of nitrogens with zero attached hydrogens (tertiary/aromatic N) is 1. The van der Waals surface area contributed by atoms with Crippen LogP contribution in [0.1, 0.15) is 67.6 Å². The summed E-state index contributed by atoms with van der Waals surface area (Å²) in [5.74, 6) is 0.366. The van der Waals surface area contributed by atoms with Crippen molar-refractivity contribution in [3.8, 4) is 5.75 Å². The third-order valence-corrected chi connectivity index (χ3v) is 4.86. The predicted molar refractivity (Wildman–Crippen MR) is 118 cm³/mol. The number of carbonyl (C=O) groups excluding carboxylic acids is 1. The number of rotatable bonds is 5. The predicted octanol–water partition coefficient (Wildman–Crippen LogP) is 4.96. The third-order valence-electron chi connectivity index (χ3n) is 4.86. The first-order valence-corrected chi connectivity index (χ1v) is 9.93. The fourth-order valence-electron chi connectivity index (χ4n) is 3.35. The van der Waals surface area contributed by atoms with Gasteiger partial charge in [-0.1, -0.05) is 33.3 Å². The van der Waals surface area contributed by atoms with Gasteiger partial charge in [-0.3, -0.25) is 9.79 Å². The molecule has 4 N–H and O–H groups in total. The summed E-state index contributed by atoms with van der Waals surface area (Å²) in [6.07, 6.45) is 4.01. The minimum absolute atomic E-state index is 0.00766. The molecule has 0 radical (unpaired) electrons. The van der Waals surface area contributed by atoms with Gasteiger partial charge >= 0.3 is 0 Å². The highest BCUT2D eigenvalue weighted by atomic mass is 16.3. The number of fused-ring (bicyclic) bond motifs is 1. The Labute approximate surface area is 167 Å². The maximum Gasteiger partial charge on any atom is 0.161 e. The van der Waals surface area contributed by atoms with Gasteiger partial charge in [0.25, 0.3) is 0 Å². The zero-order chi connectivity index (χ0) is 20.7. The first-order chi connectivity index (χ1) is 13.4. The van der Waals surface area contributed by atoms with Crippen LogP contribution >= 0.6 is 0 Å². The van der Waals surface area contributed by atoms with Crippen LogP contribution in [0.15, 0.2) is 35.3 Å². The third kappa shape index (κ3) is 5.12. The molecule has 3 rings (SSSR count). The van der Waals surface area contributed by atoms with Crippen molar-refractivity contribution in [2.24, 2.45) is 4.99 Å². The number of nitrogen functional groups attached to an aromatic ring is 1. The SMILES string of the molecule is CCCC1=NCNc2cc(N)c(C(C)=O)cc21.CCc1ccc(O)cc1CC. The monoisotopic (exact) mass is 381 g/mol. The van der Waals surface area contributed by atoms with Gasteiger partial charge in [-0.2, -0.15) is 0 Å². The molecule has 0 unspecified atom stereocenters. The molecule has 2 aromatic carbocycles. The number of phenols is 1. The molecule has 0 saturated carbocycles. The number of aryl methyl sites for hydroxylation is 2. The van der Waals surface area contributed by atoms with Gasteiger partial charge in [-0.15, -0.1) is 0 Å². The molecule has 5 heteroatoms. The molecule has 0 aromatic heterocycles. The van der Waals surface area contributed by atoms with Crippen LogP contribution in [0.2, 0.25) is 0 Å². The zero-order valence-electron chi connectivity index (χ0n) is 17.3. The van der Waals surface area contributed by atoms with Crippen molar-refractivity contribution in [3.63, 3.8) is 0 Å². The van der Waals surface area contributed by atoms with Crippen LogP contribution in [0.25, 0.3) is 0 Å². The minimum Gasteiger partial charge on any atom is -0.508 e. The number of hydrogen-bond donors (Lipinski definition) is 3. The number of Topliss-reactive ketones (excluding diaryl/α,β-unsaturated/α-hetero) is 1. The number of benzene rings is 2. The topological polar surface area (TPSA) is 87.7 Å². The molecule has 5 nitrogen and oxygen atoms in total. The van der Waals surface area contributed by atoms with E-state index in [4.69, 9.17) is 10.8 Å². The molecule has 2 aromatic rings. The van der Waals surface area contributed by atoms with Crippen LogP contribution in [-0.2, 0) is 12.8 Å². The molecule has 0 aliphatic carbocycles. The number of aliphatic imine (C=N–C) groups is 1. The van der Waals surface area contributed by atoms with Gasteiger partial charge in [0.2, 0.25) is 0 Å². The van der Waals surface area contributed by atoms with Gasteiger partial charge in [0.15, 0.2) is 5.78 Å². The average molecular weight is 382 g/mol. The highest BCUT2D eigenvalue weighted by Gasteiger charge is 2.17. The van der Waals surface area contributed by atoms with Crippen molar-refractivity contribution >= 4 is 22.9 Å². The number of phenolic OH excluding ortho intramolecular Hbond substituents is 1. The fraction of sp³-hybridized carbons (Fsp3) is 0.391. The number of nitrogens with two attached hydrogens (primary N) is 1. The Kier molecular flexibility index (Phi) is 7.61. The van der Waals surface area contributed by atoms with Crippen LogP contribution in [0, 0.1) is 0 Å². The normalized spacial score (nSPS) is 12.2. The Balaban J connectivity index is 0.000000221. The molecule has 1 aliphatic heterocycles. The lowest BCUT2D eigenvalue weighted by Gasteiger charge is -2.20. The second-order valence-electron chi connectivity index (χ2n) is 6.89. The number of aromatic hydroxyl groups is 1. The van der Waals surface area contributed by atoms with E-state index in [0.717, 1.165) is 42.6 Å². The minimum atomic E-state index is -0.00766. The molecule has 0 amide bonds. The molecule has 0 atom stereocenters. The summed E-state index contributed by atoms with van der Waals surface area (Å²) in [5.41, 5.74) is 12.6. The lowest BCUT2D eigenvalue weighted by atomic mass is 9.97. The molecule has 0 fully saturated rings. The number of nitrogens with one attached hydrogen (secondary N) is 1. The maximum absolute atomic E-state index is 11.5. The number of carbonyl (C=O) groups is 1. The Hall–Kier alpha value is -2.82. The van der Waals surface area contributed by atoms with E-state index in [1.165, 1.54) is 18.1 Å². The van der Waals surface area contributed by atoms with Gasteiger partial charge < -0.3 is 16.2 Å². The van der Waals surface area contributed by atoms with Crippen molar-refractivity contribution in [1.29, 1.82) is 0 Å². The van der Waals surface area contributed by atoms with Gasteiger partial charge in [0.05, 0.1) is 0 Å². The zero-order valence-corrected chi connectivity index (χ0v) is 17.3. The second kappa shape index (κ2) is 9.93. The first-order valence-electron chi connectivity index (χ1n) is 9.93. The summed E-state index contributed by atoms with van der Waals surface area (Å²) >= 11 is 0. The van der Waals surface area contributed by atoms with E-state index in [-0.39, 0.29) is 5.78 Å². The largest absolute Gasteiger partial charge is 0.508 e. The maximum atomic E-state index is 11.5. The van der Waals surface area contributed by atoms with E-state index in [1.54, 1.807) is 6.07 Å². The van der Waals surface area contributed by atoms with E-state index >= 15 is 0 Å². The lowest BCUT2D eigenvalue weighted by Crippen LogP contribution is -2.17. The second-order valence-corrected chi connectivity index (χ2v) is 6.89. The van der Waals surface area contributed by atoms with Gasteiger partial charge in [0, 0.05) is 28.2 Å². The van der Waals surface area contributed by atoms with E-state index in [1.807, 2.05) is 24.3 Å². The van der Waals surface area contributed by atoms with Crippen molar-refractivity contribution in [1.82, 2.24) is 0 Å². The Bertz CT molecular complexity index is 872. The van der Waals surface area contributed by atoms with Crippen molar-refractivity contribution in [2.45, 2.75) is 53.4 Å². The average Bonchev–Trinajstić information content (AvgIpc) is 2.68. The van der Waals surface area contributed by atoms with Crippen molar-refractivity contribution in [2.75, 3.05) is 17.7 Å². The molecular formula is C23H31N3O2. The van der Waals surface area contributed by atoms with Crippen LogP contribution in [0.4, 0.5) is 11.4 Å². The molecule has 1 heterocycles. The smallest absolute Gasteiger partial charge is 0.161 e. The Morgan fingerprint density at radius 3 is 2.46 bits per heavy atom. The molecule has 1 aliphatic rings. The van der Waals surface area contributed by atoms with E-state index in [2.05, 4.69) is 31.1 Å². The van der Waals surface area contributed by atoms with Crippen LogP contribution < -0.4 is 11.1 Å². The van der Waals surface area contributed by atoms with Crippen LogP contribution in [0.5, 0.6) is 5.75 Å². The number of hydrogen-bond acceptors (Lipinski definition) is 5. The first kappa shape index (κ1) is 21.5. The summed E-state index contributed by atoms with van der Waals surface area (Å²) in [5, 5.41) is 12.3. The number of anilines is 2. The highest BCUT2D eigenvalue weighted by molar-refractivity contribution is 6.10. The van der Waals surface area contributed by atoms with E-state index < -0.39 is 0 Å². The van der Waals surface area contributed by atoms with Crippen molar-refractivity contribution in [3.05, 3.63) is 52.6 Å². The standard InChI is InChI=1S/C13H17N3O.C10H14O/c1-3-4-12-10-5-9(8(2)17)11(14)6-13(10)16-7-15-12;1-3-8-5-6-10(11)7-9(8)4-2/h5-6,16H,3-4,7,14H2,1-2H3;5-7,11H,3-4H2,1-2H3. The quantitative estimate of drug-likeness (QED) is 0.504. The molecule has 0 spiro atoms. The molecule has 0 saturated heterocycles. The molecule has 0 bridgehead atoms. The van der Waals surface area contributed by atoms with Crippen molar-refractivity contribution < 1.29 is 9.90 Å². The van der Waals surface area contributed by atoms with E-state index in [0.29, 0.717) is 23.7 Å². The highest BCUT2D eigenvalue weighted by Crippen LogP contribution is 2.28. The van der Waals surface area contributed by atoms with Crippen LogP contribution in [-0.4, -0.2) is 23.3 Å². The molecule has 28 heavy (non-hydrogen) atoms. The lowest BCUT2D eigenvalue weighted by molar-refractivity contribution is 0.101. The summed E-state index contributed by atoms with van der Waals surface area (Å²) in [7, 11) is 0. The summed E-state index contributed by atoms with van der Waals surface area (Å²) in [6.45, 7) is 8.47. The Morgan fingerprint density at radius 1 is 1.14 bits per heavy atom. The number of ketones is 1. The van der Waals surface area contributed by atoms with Gasteiger partial charge in [-0.05, 0) is 61.6 Å².